The molecule has 1 aromatic carbocycles. The van der Waals surface area contributed by atoms with Gasteiger partial charge in [0.2, 0.25) is 0 Å². The third kappa shape index (κ3) is 5.54. The summed E-state index contributed by atoms with van der Waals surface area (Å²) in [6, 6.07) is 11.3. The van der Waals surface area contributed by atoms with Crippen molar-refractivity contribution in [3.8, 4) is 0 Å². The van der Waals surface area contributed by atoms with E-state index < -0.39 is 0 Å². The molecule has 140 valence electrons. The van der Waals surface area contributed by atoms with Crippen LogP contribution in [-0.2, 0) is 13.1 Å². The third-order valence-electron chi connectivity index (χ3n) is 4.64. The zero-order valence-electron chi connectivity index (χ0n) is 15.7. The number of nitrogens with zero attached hydrogens (tertiary/aromatic N) is 3. The molecule has 5 nitrogen and oxygen atoms in total. The minimum Gasteiger partial charge on any atom is -0.357 e. The molecule has 0 aliphatic carbocycles. The maximum absolute atomic E-state index is 4.71. The molecule has 0 amide bonds. The molecule has 1 aliphatic heterocycles. The van der Waals surface area contributed by atoms with E-state index in [4.69, 9.17) is 4.99 Å². The van der Waals surface area contributed by atoms with Crippen LogP contribution in [0.25, 0.3) is 0 Å². The first-order valence-electron chi connectivity index (χ1n) is 9.46. The Morgan fingerprint density at radius 1 is 1.31 bits per heavy atom. The first kappa shape index (κ1) is 18.9. The quantitative estimate of drug-likeness (QED) is 0.580. The number of aryl methyl sites for hydroxylation is 1. The minimum absolute atomic E-state index is 0.560. The Bertz CT molecular complexity index is 697. The number of hydrogen-bond donors (Lipinski definition) is 2. The highest BCUT2D eigenvalue weighted by molar-refractivity contribution is 7.11. The SMILES string of the molecule is CCNC(=NCc1cnc(C)s1)NCC1CCCN1Cc1ccccc1. The summed E-state index contributed by atoms with van der Waals surface area (Å²) in [5.41, 5.74) is 1.39. The lowest BCUT2D eigenvalue weighted by atomic mass is 10.2. The van der Waals surface area contributed by atoms with Gasteiger partial charge in [-0.05, 0) is 38.8 Å². The molecule has 2 heterocycles. The number of thiazole rings is 1. The van der Waals surface area contributed by atoms with Gasteiger partial charge in [0.05, 0.1) is 11.6 Å². The third-order valence-corrected chi connectivity index (χ3v) is 5.54. The number of nitrogens with one attached hydrogen (secondary N) is 2. The van der Waals surface area contributed by atoms with Gasteiger partial charge in [-0.3, -0.25) is 4.90 Å². The van der Waals surface area contributed by atoms with E-state index in [1.165, 1.54) is 29.8 Å². The molecule has 0 bridgehead atoms. The lowest BCUT2D eigenvalue weighted by Crippen LogP contribution is -2.44. The summed E-state index contributed by atoms with van der Waals surface area (Å²) in [6.45, 7) is 8.82. The molecule has 6 heteroatoms. The molecule has 1 aliphatic rings. The van der Waals surface area contributed by atoms with Crippen molar-refractivity contribution in [3.05, 3.63) is 52.0 Å². The standard InChI is InChI=1S/C20H29N5S/c1-3-21-20(24-14-19-13-22-16(2)26-19)23-12-18-10-7-11-25(18)15-17-8-5-4-6-9-17/h4-6,8-9,13,18H,3,7,10-12,14-15H2,1-2H3,(H2,21,23,24). The van der Waals surface area contributed by atoms with Crippen molar-refractivity contribution in [3.63, 3.8) is 0 Å². The van der Waals surface area contributed by atoms with Gasteiger partial charge in [0.25, 0.3) is 0 Å². The van der Waals surface area contributed by atoms with Gasteiger partial charge >= 0.3 is 0 Å². The first-order chi connectivity index (χ1) is 12.7. The van der Waals surface area contributed by atoms with Gasteiger partial charge in [-0.25, -0.2) is 9.98 Å². The average molecular weight is 372 g/mol. The fourth-order valence-electron chi connectivity index (χ4n) is 3.34. The normalized spacial score (nSPS) is 18.2. The summed E-state index contributed by atoms with van der Waals surface area (Å²) in [4.78, 5) is 12.8. The fraction of sp³-hybridized carbons (Fsp3) is 0.500. The highest BCUT2D eigenvalue weighted by Gasteiger charge is 2.24. The Labute approximate surface area is 160 Å². The molecule has 2 N–H and O–H groups in total. The Kier molecular flexibility index (Phi) is 7.03. The molecule has 0 radical (unpaired) electrons. The number of hydrogen-bond acceptors (Lipinski definition) is 4. The summed E-state index contributed by atoms with van der Waals surface area (Å²) >= 11 is 1.71. The second-order valence-corrected chi connectivity index (χ2v) is 7.99. The number of aromatic nitrogens is 1. The number of likely N-dealkylation sites (tertiary alicyclic amines) is 1. The van der Waals surface area contributed by atoms with Gasteiger partial charge < -0.3 is 10.6 Å². The van der Waals surface area contributed by atoms with Gasteiger partial charge in [-0.2, -0.15) is 0 Å². The summed E-state index contributed by atoms with van der Waals surface area (Å²) in [6.07, 6.45) is 4.44. The topological polar surface area (TPSA) is 52.6 Å². The number of benzene rings is 1. The fourth-order valence-corrected chi connectivity index (χ4v) is 4.06. The van der Waals surface area contributed by atoms with E-state index in [-0.39, 0.29) is 0 Å². The second kappa shape index (κ2) is 9.69. The first-order valence-corrected chi connectivity index (χ1v) is 10.3. The summed E-state index contributed by atoms with van der Waals surface area (Å²) in [5, 5.41) is 7.98. The van der Waals surface area contributed by atoms with E-state index in [0.717, 1.165) is 30.6 Å². The Morgan fingerprint density at radius 3 is 2.88 bits per heavy atom. The summed E-state index contributed by atoms with van der Waals surface area (Å²) < 4.78 is 0. The molecule has 2 aromatic rings. The van der Waals surface area contributed by atoms with Crippen molar-refractivity contribution >= 4 is 17.3 Å². The van der Waals surface area contributed by atoms with Crippen LogP contribution in [-0.4, -0.2) is 41.5 Å². The van der Waals surface area contributed by atoms with Gasteiger partial charge in [-0.1, -0.05) is 30.3 Å². The molecule has 1 atom stereocenters. The van der Waals surface area contributed by atoms with Crippen LogP contribution in [0.3, 0.4) is 0 Å². The predicted octanol–water partition coefficient (Wildman–Crippen LogP) is 3.17. The molecule has 1 fully saturated rings. The van der Waals surface area contributed by atoms with Crippen LogP contribution in [0.4, 0.5) is 0 Å². The molecule has 1 aromatic heterocycles. The molecule has 3 rings (SSSR count). The van der Waals surface area contributed by atoms with E-state index >= 15 is 0 Å². The molecule has 26 heavy (non-hydrogen) atoms. The lowest BCUT2D eigenvalue weighted by molar-refractivity contribution is 0.245. The Hall–Kier alpha value is -1.92. The number of rotatable bonds is 7. The molecular formula is C20H29N5S. The maximum atomic E-state index is 4.71. The van der Waals surface area contributed by atoms with Crippen molar-refractivity contribution in [2.75, 3.05) is 19.6 Å². The van der Waals surface area contributed by atoms with Crippen molar-refractivity contribution in [1.29, 1.82) is 0 Å². The van der Waals surface area contributed by atoms with E-state index in [2.05, 4.69) is 57.8 Å². The highest BCUT2D eigenvalue weighted by Crippen LogP contribution is 2.19. The molecule has 1 saturated heterocycles. The van der Waals surface area contributed by atoms with Crippen LogP contribution in [0.1, 0.15) is 35.2 Å². The van der Waals surface area contributed by atoms with Crippen molar-refractivity contribution in [2.45, 2.75) is 45.8 Å². The minimum atomic E-state index is 0.560. The smallest absolute Gasteiger partial charge is 0.191 e. The van der Waals surface area contributed by atoms with E-state index in [1.807, 2.05) is 13.1 Å². The lowest BCUT2D eigenvalue weighted by Gasteiger charge is -2.25. The van der Waals surface area contributed by atoms with Crippen molar-refractivity contribution < 1.29 is 0 Å². The zero-order valence-corrected chi connectivity index (χ0v) is 16.6. The molecule has 0 spiro atoms. The van der Waals surface area contributed by atoms with Gasteiger partial charge in [0.15, 0.2) is 5.96 Å². The van der Waals surface area contributed by atoms with Gasteiger partial charge in [-0.15, -0.1) is 11.3 Å². The van der Waals surface area contributed by atoms with E-state index in [0.29, 0.717) is 12.6 Å². The highest BCUT2D eigenvalue weighted by atomic mass is 32.1. The van der Waals surface area contributed by atoms with Crippen molar-refractivity contribution in [1.82, 2.24) is 20.5 Å². The average Bonchev–Trinajstić information content (AvgIpc) is 3.27. The number of guanidine groups is 1. The second-order valence-electron chi connectivity index (χ2n) is 6.67. The molecular weight excluding hydrogens is 342 g/mol. The maximum Gasteiger partial charge on any atom is 0.191 e. The van der Waals surface area contributed by atoms with Crippen LogP contribution < -0.4 is 10.6 Å². The van der Waals surface area contributed by atoms with Crippen LogP contribution in [0.15, 0.2) is 41.5 Å². The summed E-state index contributed by atoms with van der Waals surface area (Å²) in [5.74, 6) is 0.894. The predicted molar refractivity (Wildman–Crippen MR) is 110 cm³/mol. The van der Waals surface area contributed by atoms with Gasteiger partial charge in [0.1, 0.15) is 0 Å². The largest absolute Gasteiger partial charge is 0.357 e. The van der Waals surface area contributed by atoms with E-state index in [9.17, 15) is 0 Å². The van der Waals surface area contributed by atoms with E-state index in [1.54, 1.807) is 11.3 Å². The summed E-state index contributed by atoms with van der Waals surface area (Å²) in [7, 11) is 0. The molecule has 1 unspecified atom stereocenters. The van der Waals surface area contributed by atoms with Crippen LogP contribution >= 0.6 is 11.3 Å². The van der Waals surface area contributed by atoms with Crippen LogP contribution in [0.2, 0.25) is 0 Å². The van der Waals surface area contributed by atoms with Gasteiger partial charge in [0, 0.05) is 36.8 Å². The van der Waals surface area contributed by atoms with Crippen LogP contribution in [0, 0.1) is 6.92 Å². The Balaban J connectivity index is 1.53. The monoisotopic (exact) mass is 371 g/mol. The van der Waals surface area contributed by atoms with Crippen LogP contribution in [0.5, 0.6) is 0 Å². The van der Waals surface area contributed by atoms with Crippen molar-refractivity contribution in [2.24, 2.45) is 4.99 Å². The number of aliphatic imine (C=N–C) groups is 1. The zero-order chi connectivity index (χ0) is 18.2. The molecule has 0 saturated carbocycles. The Morgan fingerprint density at radius 2 is 2.15 bits per heavy atom.